The predicted molar refractivity (Wildman–Crippen MR) is 45.8 cm³/mol. The van der Waals surface area contributed by atoms with Crippen LogP contribution in [0.2, 0.25) is 0 Å². The largest absolute Gasteiger partial charge is 0.394 e. The molecule has 0 amide bonds. The molecule has 0 aliphatic rings. The van der Waals surface area contributed by atoms with Gasteiger partial charge in [0.05, 0.1) is 18.8 Å². The molecule has 6 heteroatoms. The van der Waals surface area contributed by atoms with Crippen molar-refractivity contribution >= 4 is 0 Å². The van der Waals surface area contributed by atoms with Crippen LogP contribution in [-0.4, -0.2) is 36.6 Å². The first-order valence-corrected chi connectivity index (χ1v) is 4.31. The molecule has 0 bridgehead atoms. The van der Waals surface area contributed by atoms with Crippen molar-refractivity contribution in [2.75, 3.05) is 19.8 Å². The lowest BCUT2D eigenvalue weighted by atomic mass is 10.1. The molecule has 0 aromatic carbocycles. The number of ether oxygens (including phenoxy) is 1. The van der Waals surface area contributed by atoms with E-state index in [0.29, 0.717) is 0 Å². The number of aliphatic hydroxyl groups excluding tert-OH is 1. The highest BCUT2D eigenvalue weighted by atomic mass is 19.4. The molecule has 1 unspecified atom stereocenters. The fourth-order valence-corrected chi connectivity index (χ4v) is 0.726. The Bertz CT molecular complexity index is 159. The SMILES string of the molecule is CC(N)(CO)COCCCC(F)(F)F. The van der Waals surface area contributed by atoms with Gasteiger partial charge < -0.3 is 15.6 Å². The summed E-state index contributed by atoms with van der Waals surface area (Å²) >= 11 is 0. The summed E-state index contributed by atoms with van der Waals surface area (Å²) in [6, 6.07) is 0. The number of nitrogens with two attached hydrogens (primary N) is 1. The minimum absolute atomic E-state index is 0.00625. The van der Waals surface area contributed by atoms with Crippen LogP contribution in [0.4, 0.5) is 13.2 Å². The summed E-state index contributed by atoms with van der Waals surface area (Å²) in [6.07, 6.45) is -5.06. The Hall–Kier alpha value is -0.330. The van der Waals surface area contributed by atoms with Gasteiger partial charge in [0.2, 0.25) is 0 Å². The van der Waals surface area contributed by atoms with E-state index < -0.39 is 18.1 Å². The van der Waals surface area contributed by atoms with Crippen LogP contribution >= 0.6 is 0 Å². The zero-order chi connectivity index (χ0) is 11.2. The smallest absolute Gasteiger partial charge is 0.389 e. The van der Waals surface area contributed by atoms with Gasteiger partial charge in [0, 0.05) is 13.0 Å². The van der Waals surface area contributed by atoms with Crippen molar-refractivity contribution in [3.05, 3.63) is 0 Å². The number of rotatable bonds is 6. The summed E-state index contributed by atoms with van der Waals surface area (Å²) in [4.78, 5) is 0. The maximum Gasteiger partial charge on any atom is 0.389 e. The van der Waals surface area contributed by atoms with E-state index in [1.54, 1.807) is 6.92 Å². The van der Waals surface area contributed by atoms with Crippen molar-refractivity contribution < 1.29 is 23.0 Å². The molecule has 0 spiro atoms. The molecule has 86 valence electrons. The minimum Gasteiger partial charge on any atom is -0.394 e. The summed E-state index contributed by atoms with van der Waals surface area (Å²) in [5.41, 5.74) is 4.61. The van der Waals surface area contributed by atoms with Gasteiger partial charge in [-0.05, 0) is 13.3 Å². The van der Waals surface area contributed by atoms with Crippen LogP contribution < -0.4 is 5.73 Å². The molecule has 3 N–H and O–H groups in total. The maximum absolute atomic E-state index is 11.7. The Morgan fingerprint density at radius 1 is 1.36 bits per heavy atom. The highest BCUT2D eigenvalue weighted by Crippen LogP contribution is 2.21. The van der Waals surface area contributed by atoms with Crippen molar-refractivity contribution in [1.29, 1.82) is 0 Å². The lowest BCUT2D eigenvalue weighted by molar-refractivity contribution is -0.138. The van der Waals surface area contributed by atoms with E-state index >= 15 is 0 Å². The first-order valence-electron chi connectivity index (χ1n) is 4.31. The molecule has 0 aromatic rings. The third-order valence-electron chi connectivity index (χ3n) is 1.54. The van der Waals surface area contributed by atoms with Crippen LogP contribution in [0.25, 0.3) is 0 Å². The Labute approximate surface area is 81.0 Å². The van der Waals surface area contributed by atoms with Crippen LogP contribution in [0.3, 0.4) is 0 Å². The molecule has 0 aliphatic carbocycles. The highest BCUT2D eigenvalue weighted by molar-refractivity contribution is 4.76. The molecule has 0 heterocycles. The second kappa shape index (κ2) is 5.53. The molecule has 0 aromatic heterocycles. The van der Waals surface area contributed by atoms with Gasteiger partial charge in [-0.2, -0.15) is 13.2 Å². The number of alkyl halides is 3. The zero-order valence-corrected chi connectivity index (χ0v) is 8.10. The first-order chi connectivity index (χ1) is 6.27. The van der Waals surface area contributed by atoms with Gasteiger partial charge in [0.25, 0.3) is 0 Å². The second-order valence-electron chi connectivity index (χ2n) is 3.58. The fourth-order valence-electron chi connectivity index (χ4n) is 0.726. The number of hydrogen-bond acceptors (Lipinski definition) is 3. The van der Waals surface area contributed by atoms with Crippen molar-refractivity contribution in [2.24, 2.45) is 5.73 Å². The van der Waals surface area contributed by atoms with E-state index in [2.05, 4.69) is 0 Å². The highest BCUT2D eigenvalue weighted by Gasteiger charge is 2.26. The molecule has 14 heavy (non-hydrogen) atoms. The second-order valence-corrected chi connectivity index (χ2v) is 3.58. The summed E-state index contributed by atoms with van der Waals surface area (Å²) in [6.45, 7) is 1.37. The molecule has 1 atom stereocenters. The molecule has 0 saturated heterocycles. The van der Waals surface area contributed by atoms with Gasteiger partial charge in [-0.15, -0.1) is 0 Å². The molecular formula is C8H16F3NO2. The van der Waals surface area contributed by atoms with E-state index in [1.165, 1.54) is 0 Å². The third kappa shape index (κ3) is 8.28. The summed E-state index contributed by atoms with van der Waals surface area (Å²) < 4.78 is 39.9. The Balaban J connectivity index is 3.39. The van der Waals surface area contributed by atoms with E-state index in [0.717, 1.165) is 0 Å². The van der Waals surface area contributed by atoms with Gasteiger partial charge in [0.1, 0.15) is 0 Å². The van der Waals surface area contributed by atoms with Crippen molar-refractivity contribution in [1.82, 2.24) is 0 Å². The molecule has 0 aliphatic heterocycles. The van der Waals surface area contributed by atoms with Gasteiger partial charge in [0.15, 0.2) is 0 Å². The van der Waals surface area contributed by atoms with E-state index in [-0.39, 0.29) is 26.2 Å². The maximum atomic E-state index is 11.7. The summed E-state index contributed by atoms with van der Waals surface area (Å²) in [5, 5.41) is 8.69. The van der Waals surface area contributed by atoms with E-state index in [4.69, 9.17) is 15.6 Å². The average molecular weight is 215 g/mol. The van der Waals surface area contributed by atoms with Crippen LogP contribution in [0, 0.1) is 0 Å². The predicted octanol–water partition coefficient (Wildman–Crippen LogP) is 1.06. The standard InChI is InChI=1S/C8H16F3NO2/c1-7(12,5-13)6-14-4-2-3-8(9,10)11/h13H,2-6,12H2,1H3. The molecule has 0 fully saturated rings. The Morgan fingerprint density at radius 2 is 1.93 bits per heavy atom. The van der Waals surface area contributed by atoms with Crippen LogP contribution in [0.1, 0.15) is 19.8 Å². The number of halogens is 3. The van der Waals surface area contributed by atoms with Gasteiger partial charge in [-0.1, -0.05) is 0 Å². The van der Waals surface area contributed by atoms with Crippen LogP contribution in [0.5, 0.6) is 0 Å². The Morgan fingerprint density at radius 3 is 2.36 bits per heavy atom. The average Bonchev–Trinajstić information content (AvgIpc) is 2.01. The molecule has 0 saturated carbocycles. The Kier molecular flexibility index (Phi) is 5.40. The molecular weight excluding hydrogens is 199 g/mol. The van der Waals surface area contributed by atoms with Crippen LogP contribution in [0.15, 0.2) is 0 Å². The molecule has 0 rings (SSSR count). The van der Waals surface area contributed by atoms with Crippen molar-refractivity contribution in [2.45, 2.75) is 31.5 Å². The first kappa shape index (κ1) is 13.7. The normalized spacial score (nSPS) is 16.7. The molecule has 3 nitrogen and oxygen atoms in total. The monoisotopic (exact) mass is 215 g/mol. The summed E-state index contributed by atoms with van der Waals surface area (Å²) in [5.74, 6) is 0. The zero-order valence-electron chi connectivity index (χ0n) is 8.10. The number of aliphatic hydroxyl groups is 1. The minimum atomic E-state index is -4.13. The van der Waals surface area contributed by atoms with Crippen molar-refractivity contribution in [3.63, 3.8) is 0 Å². The summed E-state index contributed by atoms with van der Waals surface area (Å²) in [7, 11) is 0. The fraction of sp³-hybridized carbons (Fsp3) is 1.00. The van der Waals surface area contributed by atoms with E-state index in [1.807, 2.05) is 0 Å². The van der Waals surface area contributed by atoms with Gasteiger partial charge >= 0.3 is 6.18 Å². The lowest BCUT2D eigenvalue weighted by Gasteiger charge is -2.21. The van der Waals surface area contributed by atoms with Crippen LogP contribution in [-0.2, 0) is 4.74 Å². The quantitative estimate of drug-likeness (QED) is 0.651. The molecule has 0 radical (unpaired) electrons. The van der Waals surface area contributed by atoms with Gasteiger partial charge in [-0.25, -0.2) is 0 Å². The number of hydrogen-bond donors (Lipinski definition) is 2. The lowest BCUT2D eigenvalue weighted by Crippen LogP contribution is -2.44. The topological polar surface area (TPSA) is 55.5 Å². The van der Waals surface area contributed by atoms with Gasteiger partial charge in [-0.3, -0.25) is 0 Å². The van der Waals surface area contributed by atoms with Crippen molar-refractivity contribution in [3.8, 4) is 0 Å². The third-order valence-corrected chi connectivity index (χ3v) is 1.54. The van der Waals surface area contributed by atoms with E-state index in [9.17, 15) is 13.2 Å².